The smallest absolute Gasteiger partial charge is 0.303 e. The van der Waals surface area contributed by atoms with Crippen LogP contribution in [0.2, 0.25) is 0 Å². The first-order chi connectivity index (χ1) is 12.7. The maximum atomic E-state index is 10.9. The first kappa shape index (κ1) is 17.6. The fourth-order valence-electron chi connectivity index (χ4n) is 3.11. The van der Waals surface area contributed by atoms with E-state index in [-0.39, 0.29) is 6.42 Å². The normalized spacial score (nSPS) is 11.7. The Balaban J connectivity index is 2.16. The Labute approximate surface area is 152 Å². The third-order valence-electron chi connectivity index (χ3n) is 4.27. The minimum Gasteiger partial charge on any atom is -0.481 e. The molecule has 5 nitrogen and oxygen atoms in total. The molecule has 1 N–H and O–H groups in total. The lowest BCUT2D eigenvalue weighted by atomic mass is 9.91. The number of imidazole rings is 1. The number of hydrogen-bond acceptors (Lipinski definition) is 3. The van der Waals surface area contributed by atoms with E-state index in [4.69, 9.17) is 10.1 Å². The van der Waals surface area contributed by atoms with Crippen LogP contribution in [0, 0.1) is 0 Å². The van der Waals surface area contributed by atoms with Gasteiger partial charge in [0.1, 0.15) is 0 Å². The molecule has 1 aromatic heterocycles. The van der Waals surface area contributed by atoms with Gasteiger partial charge in [-0.2, -0.15) is 0 Å². The molecule has 3 aromatic rings. The average Bonchev–Trinajstić information content (AvgIpc) is 3.15. The molecular formula is C21H21N3O2. The Morgan fingerprint density at radius 1 is 1.12 bits per heavy atom. The van der Waals surface area contributed by atoms with Gasteiger partial charge < -0.3 is 9.67 Å². The Morgan fingerprint density at radius 2 is 1.69 bits per heavy atom. The van der Waals surface area contributed by atoms with Crippen LogP contribution in [0.5, 0.6) is 0 Å². The van der Waals surface area contributed by atoms with Gasteiger partial charge in [-0.15, -0.1) is 0 Å². The molecule has 26 heavy (non-hydrogen) atoms. The number of aliphatic carboxylic acids is 1. The SMILES string of the molecule is CC=NC(c1ccccc1)(c1ccccc1)n1cnc(CCC(=O)O)c1. The Hall–Kier alpha value is -3.21. The van der Waals surface area contributed by atoms with Crippen molar-refractivity contribution in [3.8, 4) is 0 Å². The molecule has 0 atom stereocenters. The topological polar surface area (TPSA) is 67.5 Å². The quantitative estimate of drug-likeness (QED) is 0.662. The average molecular weight is 347 g/mol. The lowest BCUT2D eigenvalue weighted by Crippen LogP contribution is -2.33. The van der Waals surface area contributed by atoms with Crippen molar-refractivity contribution in [2.45, 2.75) is 25.4 Å². The van der Waals surface area contributed by atoms with Gasteiger partial charge >= 0.3 is 5.97 Å². The van der Waals surface area contributed by atoms with Crippen molar-refractivity contribution >= 4 is 12.2 Å². The molecule has 0 amide bonds. The van der Waals surface area contributed by atoms with Gasteiger partial charge in [-0.1, -0.05) is 60.7 Å². The van der Waals surface area contributed by atoms with Crippen molar-refractivity contribution in [3.63, 3.8) is 0 Å². The molecule has 0 aliphatic carbocycles. The number of benzene rings is 2. The molecule has 0 aliphatic heterocycles. The maximum Gasteiger partial charge on any atom is 0.303 e. The summed E-state index contributed by atoms with van der Waals surface area (Å²) in [4.78, 5) is 20.1. The third-order valence-corrected chi connectivity index (χ3v) is 4.27. The van der Waals surface area contributed by atoms with Gasteiger partial charge in [0.25, 0.3) is 0 Å². The number of carboxylic acids is 1. The van der Waals surface area contributed by atoms with Crippen LogP contribution < -0.4 is 0 Å². The summed E-state index contributed by atoms with van der Waals surface area (Å²) in [5.74, 6) is -0.830. The van der Waals surface area contributed by atoms with Crippen LogP contribution in [-0.4, -0.2) is 26.8 Å². The maximum absolute atomic E-state index is 10.9. The predicted octanol–water partition coefficient (Wildman–Crippen LogP) is 3.74. The number of aryl methyl sites for hydroxylation is 1. The molecule has 0 unspecified atom stereocenters. The molecule has 0 saturated heterocycles. The standard InChI is InChI=1S/C21H21N3O2/c1-2-23-21(17-9-5-3-6-10-17,18-11-7-4-8-12-18)24-15-19(22-16-24)13-14-20(25)26/h2-12,15-16H,13-14H2,1H3,(H,25,26). The van der Waals surface area contributed by atoms with Crippen molar-refractivity contribution in [1.29, 1.82) is 0 Å². The second-order valence-corrected chi connectivity index (χ2v) is 5.96. The Kier molecular flexibility index (Phi) is 5.27. The van der Waals surface area contributed by atoms with Crippen molar-refractivity contribution in [3.05, 3.63) is 90.0 Å². The molecule has 132 valence electrons. The Morgan fingerprint density at radius 3 is 2.19 bits per heavy atom. The highest BCUT2D eigenvalue weighted by Gasteiger charge is 2.35. The highest BCUT2D eigenvalue weighted by molar-refractivity contribution is 5.67. The van der Waals surface area contributed by atoms with Crippen molar-refractivity contribution in [2.75, 3.05) is 0 Å². The largest absolute Gasteiger partial charge is 0.481 e. The summed E-state index contributed by atoms with van der Waals surface area (Å²) >= 11 is 0. The fraction of sp³-hybridized carbons (Fsp3) is 0.190. The van der Waals surface area contributed by atoms with Crippen LogP contribution in [0.4, 0.5) is 0 Å². The number of aliphatic imine (C=N–C) groups is 1. The monoisotopic (exact) mass is 347 g/mol. The highest BCUT2D eigenvalue weighted by Crippen LogP contribution is 2.35. The molecule has 1 heterocycles. The fourth-order valence-corrected chi connectivity index (χ4v) is 3.11. The zero-order chi connectivity index (χ0) is 18.4. The van der Waals surface area contributed by atoms with E-state index in [0.717, 1.165) is 16.8 Å². The van der Waals surface area contributed by atoms with E-state index in [1.54, 1.807) is 12.5 Å². The first-order valence-electron chi connectivity index (χ1n) is 8.53. The summed E-state index contributed by atoms with van der Waals surface area (Å²) in [7, 11) is 0. The van der Waals surface area contributed by atoms with Gasteiger partial charge in [0, 0.05) is 23.7 Å². The van der Waals surface area contributed by atoms with Gasteiger partial charge in [0.05, 0.1) is 18.4 Å². The lowest BCUT2D eigenvalue weighted by Gasteiger charge is -2.32. The minimum atomic E-state index is -0.830. The number of hydrogen-bond donors (Lipinski definition) is 1. The van der Waals surface area contributed by atoms with E-state index in [1.165, 1.54) is 0 Å². The van der Waals surface area contributed by atoms with Gasteiger partial charge in [-0.25, -0.2) is 4.98 Å². The van der Waals surface area contributed by atoms with E-state index in [9.17, 15) is 4.79 Å². The molecule has 5 heteroatoms. The van der Waals surface area contributed by atoms with Crippen LogP contribution in [0.25, 0.3) is 0 Å². The summed E-state index contributed by atoms with van der Waals surface area (Å²) in [5.41, 5.74) is 1.96. The van der Waals surface area contributed by atoms with Gasteiger partial charge in [-0.3, -0.25) is 9.79 Å². The molecule has 0 bridgehead atoms. The zero-order valence-electron chi connectivity index (χ0n) is 14.6. The number of carboxylic acid groups (broad SMARTS) is 1. The van der Waals surface area contributed by atoms with Crippen molar-refractivity contribution in [2.24, 2.45) is 4.99 Å². The third kappa shape index (κ3) is 3.42. The summed E-state index contributed by atoms with van der Waals surface area (Å²) in [6, 6.07) is 20.0. The van der Waals surface area contributed by atoms with Crippen LogP contribution in [0.1, 0.15) is 30.2 Å². The number of nitrogens with zero attached hydrogens (tertiary/aromatic N) is 3. The molecule has 0 aliphatic rings. The molecule has 3 rings (SSSR count). The van der Waals surface area contributed by atoms with Crippen LogP contribution in [-0.2, 0) is 16.9 Å². The molecular weight excluding hydrogens is 326 g/mol. The van der Waals surface area contributed by atoms with Gasteiger partial charge in [0.15, 0.2) is 5.66 Å². The summed E-state index contributed by atoms with van der Waals surface area (Å²) < 4.78 is 1.95. The molecule has 0 saturated carbocycles. The van der Waals surface area contributed by atoms with Gasteiger partial charge in [-0.05, 0) is 13.1 Å². The van der Waals surface area contributed by atoms with Crippen LogP contribution >= 0.6 is 0 Å². The zero-order valence-corrected chi connectivity index (χ0v) is 14.6. The van der Waals surface area contributed by atoms with E-state index in [1.807, 2.05) is 78.4 Å². The minimum absolute atomic E-state index is 0.0533. The van der Waals surface area contributed by atoms with Crippen LogP contribution in [0.15, 0.2) is 78.2 Å². The second kappa shape index (κ2) is 7.78. The molecule has 0 spiro atoms. The van der Waals surface area contributed by atoms with E-state index in [0.29, 0.717) is 6.42 Å². The van der Waals surface area contributed by atoms with E-state index in [2.05, 4.69) is 4.98 Å². The van der Waals surface area contributed by atoms with Crippen molar-refractivity contribution in [1.82, 2.24) is 9.55 Å². The number of rotatable bonds is 7. The Bertz CT molecular complexity index is 846. The summed E-state index contributed by atoms with van der Waals surface area (Å²) in [5, 5.41) is 8.92. The number of carbonyl (C=O) groups is 1. The van der Waals surface area contributed by atoms with E-state index >= 15 is 0 Å². The lowest BCUT2D eigenvalue weighted by molar-refractivity contribution is -0.136. The molecule has 2 aromatic carbocycles. The van der Waals surface area contributed by atoms with Gasteiger partial charge in [0.2, 0.25) is 0 Å². The first-order valence-corrected chi connectivity index (χ1v) is 8.53. The van der Waals surface area contributed by atoms with Crippen LogP contribution in [0.3, 0.4) is 0 Å². The highest BCUT2D eigenvalue weighted by atomic mass is 16.4. The van der Waals surface area contributed by atoms with E-state index < -0.39 is 11.6 Å². The molecule has 0 fully saturated rings. The summed E-state index contributed by atoms with van der Waals surface area (Å²) in [6.07, 6.45) is 5.84. The second-order valence-electron chi connectivity index (χ2n) is 5.96. The number of aromatic nitrogens is 2. The predicted molar refractivity (Wildman–Crippen MR) is 101 cm³/mol. The summed E-state index contributed by atoms with van der Waals surface area (Å²) in [6.45, 7) is 1.89. The molecule has 0 radical (unpaired) electrons. The van der Waals surface area contributed by atoms with Crippen molar-refractivity contribution < 1.29 is 9.90 Å².